The van der Waals surface area contributed by atoms with Crippen LogP contribution in [0, 0.1) is 0 Å². The number of nitrogens with zero attached hydrogens (tertiary/aromatic N) is 4. The standard InChI is InChI=1S/C32H34ClN5O2S/c1-23(2)38(32(40)34-27-15-13-26(33)14-16-27)21-29-35-28(22-41-29)31(39)37-19-17-36(18-20-37)30(24-9-5-3-6-10-24)25-11-7-4-8-12-25/h3-16,22-23,30H,17-21H2,1-2H3,(H,34,40). The van der Waals surface area contributed by atoms with Crippen LogP contribution >= 0.6 is 22.9 Å². The van der Waals surface area contributed by atoms with Gasteiger partial charge >= 0.3 is 6.03 Å². The highest BCUT2D eigenvalue weighted by Crippen LogP contribution is 2.30. The molecular weight excluding hydrogens is 554 g/mol. The third kappa shape index (κ3) is 7.14. The van der Waals surface area contributed by atoms with Crippen LogP contribution < -0.4 is 5.32 Å². The van der Waals surface area contributed by atoms with Gasteiger partial charge in [0.15, 0.2) is 0 Å². The van der Waals surface area contributed by atoms with Gasteiger partial charge in [-0.2, -0.15) is 0 Å². The van der Waals surface area contributed by atoms with Gasteiger partial charge in [-0.1, -0.05) is 72.3 Å². The van der Waals surface area contributed by atoms with Gasteiger partial charge in [-0.05, 0) is 49.2 Å². The molecule has 1 N–H and O–H groups in total. The van der Waals surface area contributed by atoms with Crippen LogP contribution in [-0.4, -0.2) is 63.8 Å². The largest absolute Gasteiger partial charge is 0.335 e. The Morgan fingerprint density at radius 1 is 0.902 bits per heavy atom. The van der Waals surface area contributed by atoms with Gasteiger partial charge in [-0.15, -0.1) is 11.3 Å². The summed E-state index contributed by atoms with van der Waals surface area (Å²) in [5, 5.41) is 6.05. The summed E-state index contributed by atoms with van der Waals surface area (Å²) < 4.78 is 0. The molecule has 1 saturated heterocycles. The van der Waals surface area contributed by atoms with Crippen LogP contribution in [0.1, 0.15) is 46.5 Å². The van der Waals surface area contributed by atoms with E-state index in [4.69, 9.17) is 11.6 Å². The second kappa shape index (κ2) is 13.3. The molecule has 0 saturated carbocycles. The molecule has 1 aliphatic heterocycles. The maximum atomic E-state index is 13.4. The Morgan fingerprint density at radius 2 is 1.49 bits per heavy atom. The number of anilines is 1. The zero-order valence-corrected chi connectivity index (χ0v) is 24.8. The number of carbonyl (C=O) groups is 2. The van der Waals surface area contributed by atoms with Crippen molar-refractivity contribution >= 4 is 40.6 Å². The molecule has 0 spiro atoms. The molecule has 3 aromatic carbocycles. The van der Waals surface area contributed by atoms with E-state index in [1.807, 2.05) is 30.9 Å². The van der Waals surface area contributed by atoms with Gasteiger partial charge in [0.1, 0.15) is 10.7 Å². The van der Waals surface area contributed by atoms with E-state index in [0.717, 1.165) is 18.1 Å². The molecule has 0 aliphatic carbocycles. The Balaban J connectivity index is 1.21. The molecule has 4 aromatic rings. The van der Waals surface area contributed by atoms with Crippen molar-refractivity contribution in [2.45, 2.75) is 32.5 Å². The summed E-state index contributed by atoms with van der Waals surface area (Å²) in [6, 6.07) is 27.9. The number of piperazine rings is 1. The Kier molecular flexibility index (Phi) is 9.34. The fourth-order valence-corrected chi connectivity index (χ4v) is 5.97. The summed E-state index contributed by atoms with van der Waals surface area (Å²) in [6.45, 7) is 7.02. The topological polar surface area (TPSA) is 68.8 Å². The molecule has 0 unspecified atom stereocenters. The lowest BCUT2D eigenvalue weighted by Gasteiger charge is -2.39. The molecule has 5 rings (SSSR count). The summed E-state index contributed by atoms with van der Waals surface area (Å²) in [7, 11) is 0. The van der Waals surface area contributed by atoms with E-state index in [-0.39, 0.29) is 24.0 Å². The summed E-state index contributed by atoms with van der Waals surface area (Å²) in [5.74, 6) is -0.0650. The number of amides is 3. The first-order valence-electron chi connectivity index (χ1n) is 13.8. The van der Waals surface area contributed by atoms with Crippen LogP contribution in [0.15, 0.2) is 90.3 Å². The van der Waals surface area contributed by atoms with E-state index in [2.05, 4.69) is 63.7 Å². The fraction of sp³-hybridized carbons (Fsp3) is 0.281. The van der Waals surface area contributed by atoms with Gasteiger partial charge in [-0.25, -0.2) is 9.78 Å². The van der Waals surface area contributed by atoms with Gasteiger partial charge in [0.05, 0.1) is 12.6 Å². The molecule has 1 fully saturated rings. The lowest BCUT2D eigenvalue weighted by atomic mass is 9.96. The molecule has 1 aliphatic rings. The smallest absolute Gasteiger partial charge is 0.322 e. The normalized spacial score (nSPS) is 13.9. The highest BCUT2D eigenvalue weighted by atomic mass is 35.5. The summed E-state index contributed by atoms with van der Waals surface area (Å²) >= 11 is 7.37. The fourth-order valence-electron chi connectivity index (χ4n) is 5.07. The summed E-state index contributed by atoms with van der Waals surface area (Å²) in [4.78, 5) is 37.1. The van der Waals surface area contributed by atoms with Gasteiger partial charge in [0.2, 0.25) is 0 Å². The van der Waals surface area contributed by atoms with Crippen LogP contribution in [0.3, 0.4) is 0 Å². The zero-order valence-electron chi connectivity index (χ0n) is 23.2. The van der Waals surface area contributed by atoms with Crippen LogP contribution in [0.25, 0.3) is 0 Å². The number of urea groups is 1. The number of nitrogens with one attached hydrogen (secondary N) is 1. The van der Waals surface area contributed by atoms with E-state index in [1.165, 1.54) is 22.5 Å². The third-order valence-corrected chi connectivity index (χ3v) is 8.34. The average Bonchev–Trinajstić information content (AvgIpc) is 3.47. The minimum Gasteiger partial charge on any atom is -0.335 e. The molecule has 0 bridgehead atoms. The number of hydrogen-bond donors (Lipinski definition) is 1. The Morgan fingerprint density at radius 3 is 2.05 bits per heavy atom. The van der Waals surface area contributed by atoms with Crippen molar-refractivity contribution in [3.8, 4) is 0 Å². The molecular formula is C32H34ClN5O2S. The van der Waals surface area contributed by atoms with Gasteiger partial charge in [-0.3, -0.25) is 9.69 Å². The molecule has 7 nitrogen and oxygen atoms in total. The van der Waals surface area contributed by atoms with E-state index < -0.39 is 0 Å². The summed E-state index contributed by atoms with van der Waals surface area (Å²) in [6.07, 6.45) is 0. The maximum absolute atomic E-state index is 13.4. The number of benzene rings is 3. The molecule has 41 heavy (non-hydrogen) atoms. The predicted molar refractivity (Wildman–Crippen MR) is 165 cm³/mol. The number of halogens is 1. The Hall–Kier alpha value is -3.72. The number of aromatic nitrogens is 1. The Labute approximate surface area is 250 Å². The first-order chi connectivity index (χ1) is 19.9. The zero-order chi connectivity index (χ0) is 28.8. The maximum Gasteiger partial charge on any atom is 0.322 e. The molecule has 2 heterocycles. The number of carbonyl (C=O) groups excluding carboxylic acids is 2. The lowest BCUT2D eigenvalue weighted by molar-refractivity contribution is 0.0592. The number of hydrogen-bond acceptors (Lipinski definition) is 5. The van der Waals surface area contributed by atoms with E-state index in [0.29, 0.717) is 36.0 Å². The first kappa shape index (κ1) is 28.8. The van der Waals surface area contributed by atoms with Crippen molar-refractivity contribution in [3.63, 3.8) is 0 Å². The molecule has 9 heteroatoms. The van der Waals surface area contributed by atoms with Crippen molar-refractivity contribution in [2.24, 2.45) is 0 Å². The minimum atomic E-state index is -0.229. The molecule has 0 radical (unpaired) electrons. The van der Waals surface area contributed by atoms with Crippen LogP contribution in [0.2, 0.25) is 5.02 Å². The van der Waals surface area contributed by atoms with Crippen molar-refractivity contribution in [3.05, 3.63) is 117 Å². The number of thiazole rings is 1. The summed E-state index contributed by atoms with van der Waals surface area (Å²) in [5.41, 5.74) is 3.60. The second-order valence-corrected chi connectivity index (χ2v) is 11.7. The van der Waals surface area contributed by atoms with Crippen LogP contribution in [0.4, 0.5) is 10.5 Å². The quantitative estimate of drug-likeness (QED) is 0.246. The average molecular weight is 588 g/mol. The van der Waals surface area contributed by atoms with Gasteiger partial charge in [0, 0.05) is 48.3 Å². The molecule has 1 aromatic heterocycles. The van der Waals surface area contributed by atoms with E-state index >= 15 is 0 Å². The van der Waals surface area contributed by atoms with Gasteiger partial charge in [0.25, 0.3) is 5.91 Å². The van der Waals surface area contributed by atoms with E-state index in [9.17, 15) is 9.59 Å². The van der Waals surface area contributed by atoms with Crippen molar-refractivity contribution in [2.75, 3.05) is 31.5 Å². The highest BCUT2D eigenvalue weighted by molar-refractivity contribution is 7.09. The number of rotatable bonds is 8. The Bertz CT molecular complexity index is 1400. The van der Waals surface area contributed by atoms with E-state index in [1.54, 1.807) is 34.5 Å². The molecule has 3 amide bonds. The monoisotopic (exact) mass is 587 g/mol. The van der Waals surface area contributed by atoms with Crippen LogP contribution in [-0.2, 0) is 6.54 Å². The SMILES string of the molecule is CC(C)N(Cc1nc(C(=O)N2CCN(C(c3ccccc3)c3ccccc3)CC2)cs1)C(=O)Nc1ccc(Cl)cc1. The lowest BCUT2D eigenvalue weighted by Crippen LogP contribution is -2.50. The van der Waals surface area contributed by atoms with Crippen molar-refractivity contribution in [1.82, 2.24) is 19.7 Å². The molecule has 0 atom stereocenters. The van der Waals surface area contributed by atoms with Crippen molar-refractivity contribution < 1.29 is 9.59 Å². The first-order valence-corrected chi connectivity index (χ1v) is 15.1. The van der Waals surface area contributed by atoms with Crippen LogP contribution in [0.5, 0.6) is 0 Å². The van der Waals surface area contributed by atoms with Gasteiger partial charge < -0.3 is 15.1 Å². The third-order valence-electron chi connectivity index (χ3n) is 7.25. The highest BCUT2D eigenvalue weighted by Gasteiger charge is 2.29. The molecule has 212 valence electrons. The van der Waals surface area contributed by atoms with Crippen molar-refractivity contribution in [1.29, 1.82) is 0 Å². The second-order valence-electron chi connectivity index (χ2n) is 10.3. The minimum absolute atomic E-state index is 0.0550. The predicted octanol–water partition coefficient (Wildman–Crippen LogP) is 6.79.